The monoisotopic (exact) mass is 326 g/mol. The smallest absolute Gasteiger partial charge is 0.257 e. The van der Waals surface area contributed by atoms with Gasteiger partial charge in [-0.2, -0.15) is 0 Å². The summed E-state index contributed by atoms with van der Waals surface area (Å²) in [4.78, 5) is 14.3. The van der Waals surface area contributed by atoms with Gasteiger partial charge in [0.1, 0.15) is 5.75 Å². The molecule has 22 heavy (non-hydrogen) atoms. The van der Waals surface area contributed by atoms with E-state index in [4.69, 9.17) is 22.1 Å². The molecule has 124 valence electrons. The molecule has 1 unspecified atom stereocenters. The molecule has 5 heteroatoms. The zero-order chi connectivity index (χ0) is 16.9. The molecule has 0 saturated carbocycles. The summed E-state index contributed by atoms with van der Waals surface area (Å²) >= 11 is 6.02. The second-order valence-electron chi connectivity index (χ2n) is 6.23. The third-order valence-corrected chi connectivity index (χ3v) is 3.77. The van der Waals surface area contributed by atoms with Crippen LogP contribution in [0.3, 0.4) is 0 Å². The van der Waals surface area contributed by atoms with Gasteiger partial charge in [-0.1, -0.05) is 25.4 Å². The Balaban J connectivity index is 2.84. The number of nitrogens with zero attached hydrogens (tertiary/aromatic N) is 1. The van der Waals surface area contributed by atoms with Crippen molar-refractivity contribution in [1.82, 2.24) is 4.90 Å². The van der Waals surface area contributed by atoms with Crippen LogP contribution in [0.25, 0.3) is 0 Å². The summed E-state index contributed by atoms with van der Waals surface area (Å²) in [6, 6.07) is 5.20. The summed E-state index contributed by atoms with van der Waals surface area (Å²) in [5, 5.41) is 0.520. The average Bonchev–Trinajstić information content (AvgIpc) is 2.44. The van der Waals surface area contributed by atoms with Crippen molar-refractivity contribution in [3.05, 3.63) is 28.8 Å². The SMILES string of the molecule is CC(C)Oc1ccc(Cl)cc1C(=O)N(C)CCC(N)C(C)C. The molecule has 0 aliphatic rings. The number of carbonyl (C=O) groups is 1. The van der Waals surface area contributed by atoms with E-state index in [9.17, 15) is 4.79 Å². The normalized spacial score (nSPS) is 12.6. The van der Waals surface area contributed by atoms with E-state index in [-0.39, 0.29) is 18.1 Å². The van der Waals surface area contributed by atoms with Gasteiger partial charge in [0.05, 0.1) is 11.7 Å². The van der Waals surface area contributed by atoms with Gasteiger partial charge in [0.2, 0.25) is 0 Å². The Labute approximate surface area is 138 Å². The van der Waals surface area contributed by atoms with Gasteiger partial charge in [-0.15, -0.1) is 0 Å². The lowest BCUT2D eigenvalue weighted by Gasteiger charge is -2.23. The molecule has 0 saturated heterocycles. The molecular weight excluding hydrogens is 300 g/mol. The number of ether oxygens (including phenoxy) is 1. The minimum absolute atomic E-state index is 0.00704. The molecule has 0 fully saturated rings. The molecule has 4 nitrogen and oxygen atoms in total. The fraction of sp³-hybridized carbons (Fsp3) is 0.588. The number of hydrogen-bond acceptors (Lipinski definition) is 3. The van der Waals surface area contributed by atoms with Crippen molar-refractivity contribution in [2.45, 2.75) is 46.3 Å². The largest absolute Gasteiger partial charge is 0.490 e. The van der Waals surface area contributed by atoms with Crippen LogP contribution in [0.15, 0.2) is 18.2 Å². The first-order valence-electron chi connectivity index (χ1n) is 7.69. The van der Waals surface area contributed by atoms with Crippen molar-refractivity contribution in [2.75, 3.05) is 13.6 Å². The van der Waals surface area contributed by atoms with Gasteiger partial charge in [0.15, 0.2) is 0 Å². The molecule has 0 aliphatic carbocycles. The number of carbonyl (C=O) groups excluding carboxylic acids is 1. The number of amides is 1. The molecule has 2 N–H and O–H groups in total. The summed E-state index contributed by atoms with van der Waals surface area (Å²) in [5.74, 6) is 0.855. The van der Waals surface area contributed by atoms with Crippen molar-refractivity contribution >= 4 is 17.5 Å². The lowest BCUT2D eigenvalue weighted by molar-refractivity contribution is 0.0783. The molecule has 0 aromatic heterocycles. The number of hydrogen-bond donors (Lipinski definition) is 1. The Hall–Kier alpha value is -1.26. The number of halogens is 1. The van der Waals surface area contributed by atoms with Crippen LogP contribution in [0.1, 0.15) is 44.5 Å². The van der Waals surface area contributed by atoms with Gasteiger partial charge < -0.3 is 15.4 Å². The first-order chi connectivity index (χ1) is 10.2. The maximum absolute atomic E-state index is 12.6. The summed E-state index contributed by atoms with van der Waals surface area (Å²) in [6.45, 7) is 8.62. The van der Waals surface area contributed by atoms with Crippen LogP contribution < -0.4 is 10.5 Å². The van der Waals surface area contributed by atoms with Crippen LogP contribution in [-0.2, 0) is 0 Å². The standard InChI is InChI=1S/C17H27ClN2O2/c1-11(2)15(19)8-9-20(5)17(21)14-10-13(18)6-7-16(14)22-12(3)4/h6-7,10-12,15H,8-9,19H2,1-5H3. The average molecular weight is 327 g/mol. The highest BCUT2D eigenvalue weighted by Gasteiger charge is 2.19. The maximum Gasteiger partial charge on any atom is 0.257 e. The van der Waals surface area contributed by atoms with Crippen molar-refractivity contribution < 1.29 is 9.53 Å². The van der Waals surface area contributed by atoms with Crippen LogP contribution in [0.4, 0.5) is 0 Å². The van der Waals surface area contributed by atoms with E-state index in [0.29, 0.717) is 28.8 Å². The maximum atomic E-state index is 12.6. The van der Waals surface area contributed by atoms with E-state index in [1.54, 1.807) is 30.1 Å². The summed E-state index contributed by atoms with van der Waals surface area (Å²) < 4.78 is 5.70. The van der Waals surface area contributed by atoms with Gasteiger partial charge >= 0.3 is 0 Å². The lowest BCUT2D eigenvalue weighted by atomic mass is 10.0. The molecule has 0 bridgehead atoms. The van der Waals surface area contributed by atoms with Gasteiger partial charge in [0, 0.05) is 24.7 Å². The Morgan fingerprint density at radius 3 is 2.50 bits per heavy atom. The minimum Gasteiger partial charge on any atom is -0.490 e. The third kappa shape index (κ3) is 5.50. The Bertz CT molecular complexity index is 503. The first kappa shape index (κ1) is 18.8. The van der Waals surface area contributed by atoms with E-state index in [2.05, 4.69) is 13.8 Å². The third-order valence-electron chi connectivity index (χ3n) is 3.54. The van der Waals surface area contributed by atoms with E-state index in [0.717, 1.165) is 6.42 Å². The van der Waals surface area contributed by atoms with Crippen LogP contribution in [0, 0.1) is 5.92 Å². The molecular formula is C17H27ClN2O2. The van der Waals surface area contributed by atoms with Crippen molar-refractivity contribution in [3.63, 3.8) is 0 Å². The predicted molar refractivity (Wildman–Crippen MR) is 91.6 cm³/mol. The number of rotatable bonds is 7. The zero-order valence-corrected chi connectivity index (χ0v) is 14.9. The molecule has 0 heterocycles. The molecule has 1 aromatic rings. The number of nitrogens with two attached hydrogens (primary N) is 1. The summed E-state index contributed by atoms with van der Waals surface area (Å²) in [5.41, 5.74) is 6.53. The van der Waals surface area contributed by atoms with Crippen LogP contribution in [0.5, 0.6) is 5.75 Å². The molecule has 1 rings (SSSR count). The Morgan fingerprint density at radius 1 is 1.32 bits per heavy atom. The van der Waals surface area contributed by atoms with Gasteiger partial charge in [-0.25, -0.2) is 0 Å². The van der Waals surface area contributed by atoms with Crippen molar-refractivity contribution in [2.24, 2.45) is 11.7 Å². The topological polar surface area (TPSA) is 55.6 Å². The van der Waals surface area contributed by atoms with Crippen LogP contribution in [-0.4, -0.2) is 36.5 Å². The zero-order valence-electron chi connectivity index (χ0n) is 14.1. The fourth-order valence-electron chi connectivity index (χ4n) is 2.01. The van der Waals surface area contributed by atoms with Crippen molar-refractivity contribution in [3.8, 4) is 5.75 Å². The fourth-order valence-corrected chi connectivity index (χ4v) is 2.18. The van der Waals surface area contributed by atoms with E-state index >= 15 is 0 Å². The predicted octanol–water partition coefficient (Wildman–Crippen LogP) is 3.57. The lowest BCUT2D eigenvalue weighted by Crippen LogP contribution is -2.34. The minimum atomic E-state index is -0.103. The van der Waals surface area contributed by atoms with Gasteiger partial charge in [-0.05, 0) is 44.4 Å². The summed E-state index contributed by atoms with van der Waals surface area (Å²) in [6.07, 6.45) is 0.758. The van der Waals surface area contributed by atoms with Crippen LogP contribution in [0.2, 0.25) is 5.02 Å². The quantitative estimate of drug-likeness (QED) is 0.833. The first-order valence-corrected chi connectivity index (χ1v) is 8.07. The second-order valence-corrected chi connectivity index (χ2v) is 6.67. The molecule has 0 aliphatic heterocycles. The molecule has 1 amide bonds. The molecule has 0 spiro atoms. The Kier molecular flexibility index (Phi) is 7.17. The van der Waals surface area contributed by atoms with Crippen LogP contribution >= 0.6 is 11.6 Å². The van der Waals surface area contributed by atoms with Gasteiger partial charge in [-0.3, -0.25) is 4.79 Å². The number of benzene rings is 1. The Morgan fingerprint density at radius 2 is 1.95 bits per heavy atom. The van der Waals surface area contributed by atoms with E-state index in [1.807, 2.05) is 13.8 Å². The van der Waals surface area contributed by atoms with Crippen molar-refractivity contribution in [1.29, 1.82) is 0 Å². The van der Waals surface area contributed by atoms with E-state index in [1.165, 1.54) is 0 Å². The van der Waals surface area contributed by atoms with Gasteiger partial charge in [0.25, 0.3) is 5.91 Å². The molecule has 1 aromatic carbocycles. The molecule has 1 atom stereocenters. The second kappa shape index (κ2) is 8.39. The summed E-state index contributed by atoms with van der Waals surface area (Å²) in [7, 11) is 1.77. The highest BCUT2D eigenvalue weighted by Crippen LogP contribution is 2.25. The highest BCUT2D eigenvalue weighted by atomic mass is 35.5. The molecule has 0 radical (unpaired) electrons. The highest BCUT2D eigenvalue weighted by molar-refractivity contribution is 6.31. The van der Waals surface area contributed by atoms with E-state index < -0.39 is 0 Å².